The maximum absolute atomic E-state index is 13.1. The van der Waals surface area contributed by atoms with Crippen LogP contribution >= 0.6 is 0 Å². The minimum absolute atomic E-state index is 0.0863. The number of aldehydes is 1. The first kappa shape index (κ1) is 16.8. The van der Waals surface area contributed by atoms with Gasteiger partial charge in [0.1, 0.15) is 0 Å². The van der Waals surface area contributed by atoms with E-state index in [9.17, 15) is 14.0 Å². The number of carbonyl (C=O) groups is 2. The number of rotatable bonds is 9. The molecule has 0 saturated heterocycles. The van der Waals surface area contributed by atoms with Crippen LogP contribution in [0.25, 0.3) is 0 Å². The number of hydroxylamine groups is 1. The largest absolute Gasteiger partial charge is 0.305 e. The summed E-state index contributed by atoms with van der Waals surface area (Å²) in [6.07, 6.45) is 4.89. The number of carbonyl (C=O) groups excluding carboxylic acids is 2. The molecule has 4 nitrogen and oxygen atoms in total. The molecule has 2 atom stereocenters. The maximum atomic E-state index is 13.1. The fourth-order valence-corrected chi connectivity index (χ4v) is 2.96. The Bertz CT molecular complexity index is 474. The summed E-state index contributed by atoms with van der Waals surface area (Å²) in [4.78, 5) is 27.5. The highest BCUT2D eigenvalue weighted by atomic mass is 19.1. The van der Waals surface area contributed by atoms with E-state index < -0.39 is 18.1 Å². The van der Waals surface area contributed by atoms with Crippen LogP contribution in [-0.4, -0.2) is 18.9 Å². The highest BCUT2D eigenvalue weighted by Crippen LogP contribution is 2.30. The van der Waals surface area contributed by atoms with Gasteiger partial charge in [0.05, 0.1) is 5.92 Å². The highest BCUT2D eigenvalue weighted by Gasteiger charge is 2.25. The molecule has 5 heteroatoms. The lowest BCUT2D eigenvalue weighted by atomic mass is 9.94. The second-order valence-electron chi connectivity index (χ2n) is 5.82. The summed E-state index contributed by atoms with van der Waals surface area (Å²) in [6.45, 7) is 0.0863. The molecule has 0 spiro atoms. The fourth-order valence-electron chi connectivity index (χ4n) is 2.96. The zero-order valence-corrected chi connectivity index (χ0v) is 12.5. The van der Waals surface area contributed by atoms with Crippen molar-refractivity contribution >= 4 is 12.3 Å². The van der Waals surface area contributed by atoms with Crippen LogP contribution in [0.1, 0.15) is 43.8 Å². The van der Waals surface area contributed by atoms with Crippen molar-refractivity contribution in [3.63, 3.8) is 0 Å². The topological polar surface area (TPSA) is 55.4 Å². The van der Waals surface area contributed by atoms with Crippen LogP contribution in [0.4, 0.5) is 4.39 Å². The third-order valence-electron chi connectivity index (χ3n) is 4.21. The maximum Gasteiger partial charge on any atom is 0.305 e. The number of hydrogen-bond donors (Lipinski definition) is 1. The van der Waals surface area contributed by atoms with Gasteiger partial charge in [-0.15, -0.1) is 0 Å². The van der Waals surface area contributed by atoms with Crippen LogP contribution in [0.3, 0.4) is 0 Å². The molecule has 1 N–H and O–H groups in total. The molecule has 1 unspecified atom stereocenters. The van der Waals surface area contributed by atoms with Crippen molar-refractivity contribution in [2.24, 2.45) is 11.8 Å². The molecule has 1 aromatic carbocycles. The van der Waals surface area contributed by atoms with Gasteiger partial charge in [-0.25, -0.2) is 5.48 Å². The Morgan fingerprint density at radius 2 is 2.00 bits per heavy atom. The SMILES string of the molecule is O=CC(ONC[C@@H](CC1CCCC1)C(=O)F)c1ccccc1. The van der Waals surface area contributed by atoms with Gasteiger partial charge in [-0.3, -0.25) is 14.4 Å². The molecule has 1 saturated carbocycles. The highest BCUT2D eigenvalue weighted by molar-refractivity contribution is 5.71. The van der Waals surface area contributed by atoms with Crippen LogP contribution in [0.15, 0.2) is 30.3 Å². The fraction of sp³-hybridized carbons (Fsp3) is 0.529. The van der Waals surface area contributed by atoms with E-state index in [0.717, 1.165) is 25.7 Å². The summed E-state index contributed by atoms with van der Waals surface area (Å²) >= 11 is 0. The van der Waals surface area contributed by atoms with Gasteiger partial charge in [0.2, 0.25) is 0 Å². The summed E-state index contributed by atoms with van der Waals surface area (Å²) in [6, 6.07) is 7.70. The predicted molar refractivity (Wildman–Crippen MR) is 80.5 cm³/mol. The van der Waals surface area contributed by atoms with Crippen LogP contribution in [0.2, 0.25) is 0 Å². The van der Waals surface area contributed by atoms with E-state index in [1.165, 1.54) is 0 Å². The van der Waals surface area contributed by atoms with Crippen molar-refractivity contribution in [1.82, 2.24) is 5.48 Å². The molecule has 0 radical (unpaired) electrons. The number of halogens is 1. The Labute approximate surface area is 130 Å². The molecule has 0 heterocycles. The molecular formula is C17H22FNO3. The molecule has 1 aliphatic rings. The lowest BCUT2D eigenvalue weighted by Crippen LogP contribution is -2.30. The van der Waals surface area contributed by atoms with Crippen molar-refractivity contribution in [3.8, 4) is 0 Å². The van der Waals surface area contributed by atoms with Crippen molar-refractivity contribution in [2.75, 3.05) is 6.54 Å². The van der Waals surface area contributed by atoms with Gasteiger partial charge in [0, 0.05) is 6.54 Å². The Morgan fingerprint density at radius 1 is 1.32 bits per heavy atom. The van der Waals surface area contributed by atoms with Crippen molar-refractivity contribution in [2.45, 2.75) is 38.2 Å². The summed E-state index contributed by atoms with van der Waals surface area (Å²) in [5, 5.41) is 0. The molecule has 0 amide bonds. The van der Waals surface area contributed by atoms with E-state index in [1.54, 1.807) is 12.1 Å². The summed E-state index contributed by atoms with van der Waals surface area (Å²) in [7, 11) is 0. The normalized spacial score (nSPS) is 18.0. The number of nitrogens with one attached hydrogen (secondary N) is 1. The Balaban J connectivity index is 1.81. The van der Waals surface area contributed by atoms with Gasteiger partial charge in [0.25, 0.3) is 0 Å². The molecule has 1 aliphatic carbocycles. The van der Waals surface area contributed by atoms with Gasteiger partial charge in [-0.1, -0.05) is 56.0 Å². The molecule has 2 rings (SSSR count). The van der Waals surface area contributed by atoms with Gasteiger partial charge in [0.15, 0.2) is 12.4 Å². The van der Waals surface area contributed by atoms with E-state index in [4.69, 9.17) is 4.84 Å². The minimum atomic E-state index is -1.31. The summed E-state index contributed by atoms with van der Waals surface area (Å²) in [5.41, 5.74) is 3.31. The van der Waals surface area contributed by atoms with E-state index in [1.807, 2.05) is 18.2 Å². The van der Waals surface area contributed by atoms with Crippen LogP contribution in [-0.2, 0) is 14.4 Å². The second-order valence-corrected chi connectivity index (χ2v) is 5.82. The average Bonchev–Trinajstić information content (AvgIpc) is 3.04. The Hall–Kier alpha value is -1.59. The van der Waals surface area contributed by atoms with E-state index in [-0.39, 0.29) is 6.54 Å². The lowest BCUT2D eigenvalue weighted by molar-refractivity contribution is -0.136. The second kappa shape index (κ2) is 8.76. The lowest BCUT2D eigenvalue weighted by Gasteiger charge is -2.18. The van der Waals surface area contributed by atoms with Gasteiger partial charge in [-0.2, -0.15) is 4.39 Å². The van der Waals surface area contributed by atoms with Crippen LogP contribution in [0.5, 0.6) is 0 Å². The first-order valence-corrected chi connectivity index (χ1v) is 7.78. The van der Waals surface area contributed by atoms with Gasteiger partial charge in [-0.05, 0) is 17.9 Å². The molecule has 0 aliphatic heterocycles. The van der Waals surface area contributed by atoms with Gasteiger partial charge < -0.3 is 0 Å². The van der Waals surface area contributed by atoms with Crippen molar-refractivity contribution < 1.29 is 18.8 Å². The molecule has 0 aromatic heterocycles. The molecule has 1 aromatic rings. The smallest absolute Gasteiger partial charge is 0.300 e. The molecule has 1 fully saturated rings. The minimum Gasteiger partial charge on any atom is -0.300 e. The van der Waals surface area contributed by atoms with E-state index in [0.29, 0.717) is 24.2 Å². The average molecular weight is 307 g/mol. The quantitative estimate of drug-likeness (QED) is 0.432. The molecule has 120 valence electrons. The standard InChI is InChI=1S/C17H22FNO3/c18-17(21)15(10-13-6-4-5-7-13)11-19-22-16(12-20)14-8-2-1-3-9-14/h1-3,8-9,12-13,15-16,19H,4-7,10-11H2/t15-,16?/m1/s1. The number of hydrogen-bond acceptors (Lipinski definition) is 4. The first-order chi connectivity index (χ1) is 10.7. The molecule has 0 bridgehead atoms. The van der Waals surface area contributed by atoms with Crippen molar-refractivity contribution in [1.29, 1.82) is 0 Å². The summed E-state index contributed by atoms with van der Waals surface area (Å²) < 4.78 is 13.1. The molecular weight excluding hydrogens is 285 g/mol. The van der Waals surface area contributed by atoms with E-state index in [2.05, 4.69) is 5.48 Å². The zero-order valence-electron chi connectivity index (χ0n) is 12.5. The zero-order chi connectivity index (χ0) is 15.8. The Kier molecular flexibility index (Phi) is 6.68. The first-order valence-electron chi connectivity index (χ1n) is 7.78. The third-order valence-corrected chi connectivity index (χ3v) is 4.21. The monoisotopic (exact) mass is 307 g/mol. The van der Waals surface area contributed by atoms with Crippen LogP contribution < -0.4 is 5.48 Å². The number of benzene rings is 1. The third kappa shape index (κ3) is 5.00. The molecule has 22 heavy (non-hydrogen) atoms. The van der Waals surface area contributed by atoms with Crippen molar-refractivity contribution in [3.05, 3.63) is 35.9 Å². The Morgan fingerprint density at radius 3 is 2.59 bits per heavy atom. The van der Waals surface area contributed by atoms with Crippen LogP contribution in [0, 0.1) is 11.8 Å². The summed E-state index contributed by atoms with van der Waals surface area (Å²) in [5.74, 6) is -0.284. The predicted octanol–water partition coefficient (Wildman–Crippen LogP) is 3.14. The van der Waals surface area contributed by atoms with Gasteiger partial charge >= 0.3 is 6.04 Å². The van der Waals surface area contributed by atoms with E-state index >= 15 is 0 Å².